The Kier molecular flexibility index (Phi) is 6.56. The summed E-state index contributed by atoms with van der Waals surface area (Å²) < 4.78 is 71.9. The first-order valence-corrected chi connectivity index (χ1v) is 8.10. The van der Waals surface area contributed by atoms with Gasteiger partial charge in [-0.25, -0.2) is 0 Å². The Morgan fingerprint density at radius 1 is 0.714 bits per heavy atom. The first-order valence-electron chi connectivity index (χ1n) is 7.34. The summed E-state index contributed by atoms with van der Waals surface area (Å²) in [6.45, 7) is 0. The summed E-state index contributed by atoms with van der Waals surface area (Å²) in [6.07, 6.45) is -8.78. The zero-order valence-electron chi connectivity index (χ0n) is 13.6. The maximum absolute atomic E-state index is 12.8. The second-order valence-electron chi connectivity index (χ2n) is 5.22. The minimum Gasteiger partial charge on any atom is -0.177 e. The quantitative estimate of drug-likeness (QED) is 0.414. The molecule has 28 heavy (non-hydrogen) atoms. The molecule has 0 radical (unpaired) electrons. The Labute approximate surface area is 164 Å². The van der Waals surface area contributed by atoms with Gasteiger partial charge in [-0.2, -0.15) is 31.6 Å². The molecule has 0 fully saturated rings. The van der Waals surface area contributed by atoms with Crippen LogP contribution in [-0.4, -0.2) is 20.6 Å². The molecule has 0 aliphatic rings. The third-order valence-electron chi connectivity index (χ3n) is 3.30. The van der Waals surface area contributed by atoms with Gasteiger partial charge in [0.05, 0.1) is 11.1 Å². The molecule has 0 saturated heterocycles. The van der Waals surface area contributed by atoms with Crippen LogP contribution >= 0.6 is 23.2 Å². The van der Waals surface area contributed by atoms with Crippen molar-refractivity contribution in [3.8, 4) is 0 Å². The van der Waals surface area contributed by atoms with Crippen LogP contribution in [0, 0.1) is 0 Å². The molecule has 1 aromatic heterocycles. The van der Waals surface area contributed by atoms with Gasteiger partial charge >= 0.3 is 12.4 Å². The van der Waals surface area contributed by atoms with Gasteiger partial charge in [-0.05, 0) is 6.07 Å². The molecule has 3 rings (SSSR count). The zero-order valence-corrected chi connectivity index (χ0v) is 15.1. The van der Waals surface area contributed by atoms with Crippen molar-refractivity contribution in [2.45, 2.75) is 16.7 Å². The predicted octanol–water partition coefficient (Wildman–Crippen LogP) is 5.60. The SMILES string of the molecule is FC(F)(F)c1ccccc1.FC(F)(F)c1ccccc1C(Cl)(Cl)c1nn[nH]n1. The van der Waals surface area contributed by atoms with Crippen molar-refractivity contribution in [1.82, 2.24) is 20.6 Å². The van der Waals surface area contributed by atoms with E-state index < -0.39 is 27.8 Å². The van der Waals surface area contributed by atoms with Crippen LogP contribution in [0.1, 0.15) is 22.5 Å². The smallest absolute Gasteiger partial charge is 0.177 e. The number of rotatable bonds is 2. The van der Waals surface area contributed by atoms with E-state index in [1.807, 2.05) is 0 Å². The van der Waals surface area contributed by atoms with Gasteiger partial charge in [0.25, 0.3) is 0 Å². The number of hydrogen-bond acceptors (Lipinski definition) is 3. The van der Waals surface area contributed by atoms with Gasteiger partial charge in [0.2, 0.25) is 10.2 Å². The highest BCUT2D eigenvalue weighted by atomic mass is 35.5. The second-order valence-corrected chi connectivity index (χ2v) is 6.54. The molecule has 0 bridgehead atoms. The fourth-order valence-electron chi connectivity index (χ4n) is 2.05. The number of benzene rings is 2. The molecule has 0 saturated carbocycles. The van der Waals surface area contributed by atoms with Gasteiger partial charge < -0.3 is 0 Å². The molecule has 0 atom stereocenters. The first-order chi connectivity index (χ1) is 12.9. The monoisotopic (exact) mass is 442 g/mol. The zero-order chi connectivity index (χ0) is 21.0. The minimum atomic E-state index is -4.57. The van der Waals surface area contributed by atoms with Gasteiger partial charge in [0.1, 0.15) is 0 Å². The lowest BCUT2D eigenvalue weighted by atomic mass is 10.0. The van der Waals surface area contributed by atoms with Crippen molar-refractivity contribution in [2.24, 2.45) is 0 Å². The van der Waals surface area contributed by atoms with Gasteiger partial charge in [-0.3, -0.25) is 0 Å². The molecule has 0 aliphatic heterocycles. The number of halogens is 8. The Balaban J connectivity index is 0.000000237. The number of hydrogen-bond donors (Lipinski definition) is 1. The van der Waals surface area contributed by atoms with E-state index in [0.717, 1.165) is 18.2 Å². The Hall–Kier alpha value is -2.33. The number of aromatic nitrogens is 4. The largest absolute Gasteiger partial charge is 0.416 e. The van der Waals surface area contributed by atoms with E-state index in [1.54, 1.807) is 6.07 Å². The first kappa shape index (κ1) is 22.0. The number of nitrogens with zero attached hydrogens (tertiary/aromatic N) is 3. The van der Waals surface area contributed by atoms with Crippen LogP contribution in [0.4, 0.5) is 26.3 Å². The molecule has 1 heterocycles. The van der Waals surface area contributed by atoms with Crippen molar-refractivity contribution in [3.05, 3.63) is 77.1 Å². The molecule has 12 heteroatoms. The average molecular weight is 443 g/mol. The Bertz CT molecular complexity index is 880. The number of nitrogens with one attached hydrogen (secondary N) is 1. The van der Waals surface area contributed by atoms with E-state index in [4.69, 9.17) is 23.2 Å². The summed E-state index contributed by atoms with van der Waals surface area (Å²) in [6, 6.07) is 11.0. The lowest BCUT2D eigenvalue weighted by Crippen LogP contribution is -2.21. The second kappa shape index (κ2) is 8.36. The normalized spacial score (nSPS) is 12.3. The van der Waals surface area contributed by atoms with E-state index >= 15 is 0 Å². The molecular weight excluding hydrogens is 433 g/mol. The Morgan fingerprint density at radius 2 is 1.25 bits per heavy atom. The highest BCUT2D eigenvalue weighted by Gasteiger charge is 2.43. The maximum atomic E-state index is 12.8. The van der Waals surface area contributed by atoms with Crippen molar-refractivity contribution in [2.75, 3.05) is 0 Å². The summed E-state index contributed by atoms with van der Waals surface area (Å²) in [4.78, 5) is 0. The molecule has 4 nitrogen and oxygen atoms in total. The molecule has 1 N–H and O–H groups in total. The van der Waals surface area contributed by atoms with E-state index in [-0.39, 0.29) is 11.4 Å². The van der Waals surface area contributed by atoms with Crippen LogP contribution in [0.25, 0.3) is 0 Å². The molecule has 0 aliphatic carbocycles. The van der Waals surface area contributed by atoms with Gasteiger partial charge in [-0.1, -0.05) is 76.9 Å². The summed E-state index contributed by atoms with van der Waals surface area (Å²) >= 11 is 11.8. The summed E-state index contributed by atoms with van der Waals surface area (Å²) in [5.74, 6) is -0.248. The van der Waals surface area contributed by atoms with Gasteiger partial charge in [0, 0.05) is 5.56 Å². The van der Waals surface area contributed by atoms with E-state index in [9.17, 15) is 26.3 Å². The van der Waals surface area contributed by atoms with Crippen molar-refractivity contribution >= 4 is 23.2 Å². The molecule has 0 spiro atoms. The van der Waals surface area contributed by atoms with E-state index in [1.165, 1.54) is 30.3 Å². The summed E-state index contributed by atoms with van der Waals surface area (Å²) in [5.41, 5.74) is -1.89. The van der Waals surface area contributed by atoms with E-state index in [2.05, 4.69) is 20.6 Å². The summed E-state index contributed by atoms with van der Waals surface area (Å²) in [5, 5.41) is 12.3. The average Bonchev–Trinajstić information content (AvgIpc) is 3.17. The van der Waals surface area contributed by atoms with Crippen molar-refractivity contribution in [1.29, 1.82) is 0 Å². The molecule has 2 aromatic carbocycles. The highest BCUT2D eigenvalue weighted by Crippen LogP contribution is 2.44. The number of tetrazole rings is 1. The topological polar surface area (TPSA) is 54.5 Å². The van der Waals surface area contributed by atoms with Crippen LogP contribution in [-0.2, 0) is 16.7 Å². The number of alkyl halides is 8. The lowest BCUT2D eigenvalue weighted by Gasteiger charge is -2.20. The molecular formula is C16H10Cl2F6N4. The van der Waals surface area contributed by atoms with Crippen LogP contribution in [0.3, 0.4) is 0 Å². The van der Waals surface area contributed by atoms with Crippen molar-refractivity contribution < 1.29 is 26.3 Å². The fourth-order valence-corrected chi connectivity index (χ4v) is 2.54. The van der Waals surface area contributed by atoms with Crippen LogP contribution < -0.4 is 0 Å². The third kappa shape index (κ3) is 5.35. The third-order valence-corrected chi connectivity index (χ3v) is 4.04. The fraction of sp³-hybridized carbons (Fsp3) is 0.188. The standard InChI is InChI=1S/C9H5Cl2F3N4.C7H5F3/c10-8(11,7-15-17-18-16-7)5-3-1-2-4-6(5)9(12,13)14;8-7(9,10)6-4-2-1-3-5-6/h1-4H,(H,15,16,17,18);1-5H. The van der Waals surface area contributed by atoms with Gasteiger partial charge in [0.15, 0.2) is 0 Å². The molecule has 150 valence electrons. The Morgan fingerprint density at radius 3 is 1.68 bits per heavy atom. The van der Waals surface area contributed by atoms with Crippen LogP contribution in [0.15, 0.2) is 54.6 Å². The van der Waals surface area contributed by atoms with Crippen molar-refractivity contribution in [3.63, 3.8) is 0 Å². The van der Waals surface area contributed by atoms with Crippen LogP contribution in [0.2, 0.25) is 0 Å². The highest BCUT2D eigenvalue weighted by molar-refractivity contribution is 6.49. The number of H-pyrrole nitrogens is 1. The minimum absolute atomic E-state index is 0.248. The lowest BCUT2D eigenvalue weighted by molar-refractivity contribution is -0.138. The number of aromatic amines is 1. The van der Waals surface area contributed by atoms with Gasteiger partial charge in [-0.15, -0.1) is 10.2 Å². The molecule has 3 aromatic rings. The predicted molar refractivity (Wildman–Crippen MR) is 89.6 cm³/mol. The van der Waals surface area contributed by atoms with Crippen LogP contribution in [0.5, 0.6) is 0 Å². The summed E-state index contributed by atoms with van der Waals surface area (Å²) in [7, 11) is 0. The molecule has 0 unspecified atom stereocenters. The van der Waals surface area contributed by atoms with E-state index in [0.29, 0.717) is 0 Å². The maximum Gasteiger partial charge on any atom is 0.416 e. The molecule has 0 amide bonds.